The molecule has 3 aromatic carbocycles. The molecule has 0 bridgehead atoms. The predicted molar refractivity (Wildman–Crippen MR) is 147 cm³/mol. The van der Waals surface area contributed by atoms with Crippen molar-refractivity contribution >= 4 is 10.9 Å². The molecule has 0 spiro atoms. The lowest BCUT2D eigenvalue weighted by Gasteiger charge is -2.32. The first kappa shape index (κ1) is 24.3. The summed E-state index contributed by atoms with van der Waals surface area (Å²) in [6.07, 6.45) is 3.91. The minimum absolute atomic E-state index is 0.0492. The molecule has 1 atom stereocenters. The minimum Gasteiger partial charge on any atom is -0.508 e. The lowest BCUT2D eigenvalue weighted by Crippen LogP contribution is -2.39. The number of phenols is 1. The summed E-state index contributed by atoms with van der Waals surface area (Å²) < 4.78 is 1.96. The molecule has 1 saturated heterocycles. The molecule has 1 N–H and O–H groups in total. The zero-order valence-corrected chi connectivity index (χ0v) is 21.3. The average molecular weight is 482 g/mol. The maximum absolute atomic E-state index is 13.9. The van der Waals surface area contributed by atoms with Gasteiger partial charge in [-0.1, -0.05) is 55.0 Å². The van der Waals surface area contributed by atoms with E-state index in [1.807, 2.05) is 34.9 Å². The quantitative estimate of drug-likeness (QED) is 0.374. The van der Waals surface area contributed by atoms with Crippen LogP contribution in [0, 0.1) is 12.8 Å². The largest absolute Gasteiger partial charge is 0.508 e. The molecule has 5 rings (SSSR count). The Balaban J connectivity index is 1.53. The summed E-state index contributed by atoms with van der Waals surface area (Å²) in [6.45, 7) is 8.26. The Morgan fingerprint density at radius 2 is 1.72 bits per heavy atom. The number of aromatic nitrogens is 2. The van der Waals surface area contributed by atoms with Crippen LogP contribution in [-0.2, 0) is 19.4 Å². The Hall–Kier alpha value is -3.44. The van der Waals surface area contributed by atoms with Crippen molar-refractivity contribution in [2.45, 2.75) is 46.1 Å². The fourth-order valence-electron chi connectivity index (χ4n) is 5.34. The van der Waals surface area contributed by atoms with Gasteiger partial charge < -0.3 is 10.0 Å². The third-order valence-corrected chi connectivity index (χ3v) is 7.48. The smallest absolute Gasteiger partial charge is 0.261 e. The lowest BCUT2D eigenvalue weighted by atomic mass is 9.97. The van der Waals surface area contributed by atoms with E-state index in [1.54, 1.807) is 12.1 Å². The second-order valence-corrected chi connectivity index (χ2v) is 10.1. The first-order chi connectivity index (χ1) is 17.5. The molecule has 1 aliphatic rings. The van der Waals surface area contributed by atoms with E-state index >= 15 is 0 Å². The molecule has 0 amide bonds. The van der Waals surface area contributed by atoms with Crippen LogP contribution in [0.2, 0.25) is 0 Å². The van der Waals surface area contributed by atoms with Gasteiger partial charge in [0, 0.05) is 19.5 Å². The number of likely N-dealkylation sites (tertiary alicyclic amines) is 1. The number of hydrogen-bond donors (Lipinski definition) is 1. The van der Waals surface area contributed by atoms with E-state index in [9.17, 15) is 9.90 Å². The van der Waals surface area contributed by atoms with Gasteiger partial charge in [-0.15, -0.1) is 0 Å². The molecular weight excluding hydrogens is 446 g/mol. The fourth-order valence-corrected chi connectivity index (χ4v) is 5.34. The van der Waals surface area contributed by atoms with E-state index < -0.39 is 0 Å². The predicted octanol–water partition coefficient (Wildman–Crippen LogP) is 5.59. The molecule has 1 fully saturated rings. The van der Waals surface area contributed by atoms with Gasteiger partial charge in [-0.05, 0) is 86.1 Å². The Labute approximate surface area is 213 Å². The first-order valence-corrected chi connectivity index (χ1v) is 13.1. The maximum Gasteiger partial charge on any atom is 0.261 e. The highest BCUT2D eigenvalue weighted by Gasteiger charge is 2.22. The molecule has 1 unspecified atom stereocenters. The van der Waals surface area contributed by atoms with Crippen molar-refractivity contribution in [1.29, 1.82) is 0 Å². The van der Waals surface area contributed by atoms with Gasteiger partial charge in [0.2, 0.25) is 0 Å². The van der Waals surface area contributed by atoms with Crippen molar-refractivity contribution in [2.75, 3.05) is 19.6 Å². The van der Waals surface area contributed by atoms with E-state index in [2.05, 4.69) is 43.0 Å². The summed E-state index contributed by atoms with van der Waals surface area (Å²) in [6, 6.07) is 21.6. The standard InChI is InChI=1S/C31H35N3O2/c1-3-33-18-4-5-24(20-33)21-34-30(17-10-23-8-6-22(2)7-9-23)32-29-16-13-26(19-28(29)31(34)36)25-11-14-27(35)15-12-25/h6-9,11-16,19,24,35H,3-5,10,17-18,20-21H2,1-2H3. The zero-order chi connectivity index (χ0) is 25.1. The van der Waals surface area contributed by atoms with Crippen LogP contribution in [0.4, 0.5) is 0 Å². The van der Waals surface area contributed by atoms with Crippen molar-refractivity contribution in [3.63, 3.8) is 0 Å². The molecule has 36 heavy (non-hydrogen) atoms. The van der Waals surface area contributed by atoms with Crippen LogP contribution in [0.5, 0.6) is 5.75 Å². The number of benzene rings is 3. The second kappa shape index (κ2) is 10.7. The van der Waals surface area contributed by atoms with Gasteiger partial charge in [0.15, 0.2) is 0 Å². The average Bonchev–Trinajstić information content (AvgIpc) is 2.90. The molecule has 0 saturated carbocycles. The number of phenolic OH excluding ortho intramolecular Hbond substituents is 1. The van der Waals surface area contributed by atoms with Crippen LogP contribution in [0.3, 0.4) is 0 Å². The second-order valence-electron chi connectivity index (χ2n) is 10.1. The van der Waals surface area contributed by atoms with Crippen molar-refractivity contribution < 1.29 is 5.11 Å². The molecule has 5 nitrogen and oxygen atoms in total. The third kappa shape index (κ3) is 5.36. The SMILES string of the molecule is CCN1CCCC(Cn2c(CCc3ccc(C)cc3)nc3ccc(-c4ccc(O)cc4)cc3c2=O)C1. The number of hydrogen-bond acceptors (Lipinski definition) is 4. The molecule has 0 radical (unpaired) electrons. The molecule has 2 heterocycles. The van der Waals surface area contributed by atoms with Crippen LogP contribution in [0.15, 0.2) is 71.5 Å². The van der Waals surface area contributed by atoms with Gasteiger partial charge in [0.25, 0.3) is 5.56 Å². The van der Waals surface area contributed by atoms with Gasteiger partial charge >= 0.3 is 0 Å². The molecule has 1 aliphatic heterocycles. The molecule has 186 valence electrons. The minimum atomic E-state index is 0.0492. The number of rotatable bonds is 7. The number of piperidine rings is 1. The number of fused-ring (bicyclic) bond motifs is 1. The topological polar surface area (TPSA) is 58.4 Å². The van der Waals surface area contributed by atoms with E-state index in [1.165, 1.54) is 17.5 Å². The van der Waals surface area contributed by atoms with Crippen molar-refractivity contribution in [3.05, 3.63) is 94.0 Å². The van der Waals surface area contributed by atoms with Crippen molar-refractivity contribution in [3.8, 4) is 16.9 Å². The van der Waals surface area contributed by atoms with E-state index in [0.717, 1.165) is 61.4 Å². The molecule has 0 aliphatic carbocycles. The van der Waals surface area contributed by atoms with Gasteiger partial charge in [-0.3, -0.25) is 9.36 Å². The Morgan fingerprint density at radius 1 is 0.972 bits per heavy atom. The van der Waals surface area contributed by atoms with Gasteiger partial charge in [0.05, 0.1) is 10.9 Å². The van der Waals surface area contributed by atoms with Gasteiger partial charge in [-0.25, -0.2) is 4.98 Å². The lowest BCUT2D eigenvalue weighted by molar-refractivity contribution is 0.168. The van der Waals surface area contributed by atoms with Gasteiger partial charge in [0.1, 0.15) is 11.6 Å². The van der Waals surface area contributed by atoms with Crippen LogP contribution >= 0.6 is 0 Å². The molecule has 5 heteroatoms. The highest BCUT2D eigenvalue weighted by Crippen LogP contribution is 2.25. The summed E-state index contributed by atoms with van der Waals surface area (Å²) in [4.78, 5) is 21.5. The Morgan fingerprint density at radius 3 is 2.47 bits per heavy atom. The maximum atomic E-state index is 13.9. The third-order valence-electron chi connectivity index (χ3n) is 7.48. The monoisotopic (exact) mass is 481 g/mol. The summed E-state index contributed by atoms with van der Waals surface area (Å²) in [5.41, 5.74) is 5.23. The molecular formula is C31H35N3O2. The number of aromatic hydroxyl groups is 1. The Bertz CT molecular complexity index is 1390. The van der Waals surface area contributed by atoms with Crippen molar-refractivity contribution in [2.24, 2.45) is 5.92 Å². The van der Waals surface area contributed by atoms with E-state index in [0.29, 0.717) is 17.8 Å². The summed E-state index contributed by atoms with van der Waals surface area (Å²) in [5, 5.41) is 10.3. The summed E-state index contributed by atoms with van der Waals surface area (Å²) in [5.74, 6) is 1.56. The summed E-state index contributed by atoms with van der Waals surface area (Å²) in [7, 11) is 0. The van der Waals surface area contributed by atoms with Gasteiger partial charge in [-0.2, -0.15) is 0 Å². The van der Waals surface area contributed by atoms with Crippen molar-refractivity contribution in [1.82, 2.24) is 14.5 Å². The number of nitrogens with zero attached hydrogens (tertiary/aromatic N) is 3. The Kier molecular flexibility index (Phi) is 7.19. The van der Waals surface area contributed by atoms with E-state index in [-0.39, 0.29) is 11.3 Å². The van der Waals surface area contributed by atoms with Crippen LogP contribution in [0.1, 0.15) is 36.7 Å². The van der Waals surface area contributed by atoms with Crippen LogP contribution < -0.4 is 5.56 Å². The fraction of sp³-hybridized carbons (Fsp3) is 0.355. The first-order valence-electron chi connectivity index (χ1n) is 13.1. The van der Waals surface area contributed by atoms with E-state index in [4.69, 9.17) is 4.98 Å². The molecule has 4 aromatic rings. The molecule has 1 aromatic heterocycles. The summed E-state index contributed by atoms with van der Waals surface area (Å²) >= 11 is 0. The van der Waals surface area contributed by atoms with Crippen LogP contribution in [0.25, 0.3) is 22.0 Å². The normalized spacial score (nSPS) is 16.4. The van der Waals surface area contributed by atoms with Crippen LogP contribution in [-0.4, -0.2) is 39.2 Å². The highest BCUT2D eigenvalue weighted by atomic mass is 16.3. The highest BCUT2D eigenvalue weighted by molar-refractivity contribution is 5.84. The zero-order valence-electron chi connectivity index (χ0n) is 21.3. The number of aryl methyl sites for hydroxylation is 3.